The van der Waals surface area contributed by atoms with Crippen LogP contribution in [0.3, 0.4) is 0 Å². The van der Waals surface area contributed by atoms with Crippen molar-refractivity contribution < 1.29 is 28.6 Å². The Labute approximate surface area is 444 Å². The molecule has 1 atom stereocenters. The third kappa shape index (κ3) is 57.0. The first-order valence-electron chi connectivity index (χ1n) is 29.9. The Morgan fingerprint density at radius 2 is 0.542 bits per heavy atom. The van der Waals surface area contributed by atoms with Crippen LogP contribution in [-0.2, 0) is 28.6 Å². The molecule has 0 radical (unpaired) electrons. The molecule has 0 aliphatic carbocycles. The van der Waals surface area contributed by atoms with E-state index in [2.05, 4.69) is 130 Å². The molecule has 0 aromatic heterocycles. The fraction of sp³-hybridized carbons (Fsp3) is 0.682. The number of carbonyl (C=O) groups excluding carboxylic acids is 3. The smallest absolute Gasteiger partial charge is 0.306 e. The van der Waals surface area contributed by atoms with Crippen molar-refractivity contribution in [1.82, 2.24) is 0 Å². The van der Waals surface area contributed by atoms with E-state index in [1.54, 1.807) is 0 Å². The largest absolute Gasteiger partial charge is 0.462 e. The van der Waals surface area contributed by atoms with Crippen LogP contribution < -0.4 is 0 Å². The van der Waals surface area contributed by atoms with Gasteiger partial charge in [-0.25, -0.2) is 0 Å². The first-order chi connectivity index (χ1) is 35.5. The molecule has 0 aromatic rings. The van der Waals surface area contributed by atoms with Gasteiger partial charge < -0.3 is 14.2 Å². The molecule has 0 heterocycles. The molecule has 0 saturated carbocycles. The second kappa shape index (κ2) is 59.6. The van der Waals surface area contributed by atoms with Gasteiger partial charge in [-0.15, -0.1) is 0 Å². The standard InChI is InChI=1S/C66H110O6/c1-4-7-10-13-16-19-22-25-28-29-30-31-32-33-34-35-36-37-39-41-44-47-50-53-56-59-65(68)71-62-63(61-70-64(67)58-55-52-49-46-43-40-27-24-21-18-15-12-9-6-3)72-66(69)60-57-54-51-48-45-42-38-26-23-20-17-14-11-8-5-2/h7-8,10-11,16-17,19-20,25-26,28,30-31,33-34,36-38,63H,4-6,9,12-15,18,21-24,27,29,32,35,39-62H2,1-3H3/b10-7-,11-8-,19-16-,20-17-,28-25-,31-30-,34-33-,37-36-,38-26-. The molecule has 6 nitrogen and oxygen atoms in total. The van der Waals surface area contributed by atoms with Crippen LogP contribution in [0.2, 0.25) is 0 Å². The number of rotatable bonds is 53. The van der Waals surface area contributed by atoms with Crippen LogP contribution in [0.5, 0.6) is 0 Å². The lowest BCUT2D eigenvalue weighted by Crippen LogP contribution is -2.30. The van der Waals surface area contributed by atoms with E-state index in [1.807, 2.05) is 0 Å². The van der Waals surface area contributed by atoms with Crippen molar-refractivity contribution in [2.75, 3.05) is 13.2 Å². The van der Waals surface area contributed by atoms with Gasteiger partial charge in [0.15, 0.2) is 6.10 Å². The van der Waals surface area contributed by atoms with E-state index in [4.69, 9.17) is 14.2 Å². The first-order valence-corrected chi connectivity index (χ1v) is 29.9. The van der Waals surface area contributed by atoms with Crippen LogP contribution in [0.25, 0.3) is 0 Å². The topological polar surface area (TPSA) is 78.9 Å². The van der Waals surface area contributed by atoms with Gasteiger partial charge in [-0.1, -0.05) is 259 Å². The average molecular weight is 1000 g/mol. The number of hydrogen-bond donors (Lipinski definition) is 0. The van der Waals surface area contributed by atoms with E-state index in [1.165, 1.54) is 83.5 Å². The Kier molecular flexibility index (Phi) is 56.4. The highest BCUT2D eigenvalue weighted by molar-refractivity contribution is 5.71. The van der Waals surface area contributed by atoms with Gasteiger partial charge in [-0.2, -0.15) is 0 Å². The van der Waals surface area contributed by atoms with Gasteiger partial charge in [0, 0.05) is 19.3 Å². The molecule has 72 heavy (non-hydrogen) atoms. The Balaban J connectivity index is 4.39. The van der Waals surface area contributed by atoms with Gasteiger partial charge in [0.25, 0.3) is 0 Å². The maximum absolute atomic E-state index is 12.9. The summed E-state index contributed by atoms with van der Waals surface area (Å²) >= 11 is 0. The Morgan fingerprint density at radius 1 is 0.292 bits per heavy atom. The van der Waals surface area contributed by atoms with E-state index < -0.39 is 6.10 Å². The zero-order valence-electron chi connectivity index (χ0n) is 46.9. The second-order valence-electron chi connectivity index (χ2n) is 19.5. The molecule has 0 bridgehead atoms. The third-order valence-electron chi connectivity index (χ3n) is 12.5. The van der Waals surface area contributed by atoms with Crippen molar-refractivity contribution in [1.29, 1.82) is 0 Å². The minimum atomic E-state index is -0.794. The van der Waals surface area contributed by atoms with E-state index >= 15 is 0 Å². The number of hydrogen-bond acceptors (Lipinski definition) is 6. The Hall–Kier alpha value is -3.93. The summed E-state index contributed by atoms with van der Waals surface area (Å²) in [6.45, 7) is 6.40. The van der Waals surface area contributed by atoms with Gasteiger partial charge >= 0.3 is 17.9 Å². The van der Waals surface area contributed by atoms with Gasteiger partial charge in [-0.3, -0.25) is 14.4 Å². The maximum atomic E-state index is 12.9. The fourth-order valence-corrected chi connectivity index (χ4v) is 8.11. The van der Waals surface area contributed by atoms with Crippen molar-refractivity contribution in [3.63, 3.8) is 0 Å². The van der Waals surface area contributed by atoms with Crippen LogP contribution in [0.15, 0.2) is 109 Å². The Morgan fingerprint density at radius 3 is 0.847 bits per heavy atom. The molecular weight excluding hydrogens is 889 g/mol. The molecule has 0 amide bonds. The molecule has 410 valence electrons. The molecule has 0 aliphatic rings. The van der Waals surface area contributed by atoms with Gasteiger partial charge in [0.05, 0.1) is 0 Å². The number of esters is 3. The first kappa shape index (κ1) is 68.1. The van der Waals surface area contributed by atoms with Crippen LogP contribution in [0.1, 0.15) is 271 Å². The van der Waals surface area contributed by atoms with E-state index in [0.29, 0.717) is 19.3 Å². The summed E-state index contributed by atoms with van der Waals surface area (Å²) in [5.74, 6) is -0.917. The van der Waals surface area contributed by atoms with E-state index in [9.17, 15) is 14.4 Å². The molecule has 0 aromatic carbocycles. The zero-order chi connectivity index (χ0) is 52.2. The lowest BCUT2D eigenvalue weighted by molar-refractivity contribution is -0.167. The molecule has 0 aliphatic heterocycles. The summed E-state index contributed by atoms with van der Waals surface area (Å²) in [5, 5.41) is 0. The van der Waals surface area contributed by atoms with Crippen LogP contribution in [0.4, 0.5) is 0 Å². The fourth-order valence-electron chi connectivity index (χ4n) is 8.11. The highest BCUT2D eigenvalue weighted by atomic mass is 16.6. The zero-order valence-corrected chi connectivity index (χ0v) is 46.9. The molecule has 1 unspecified atom stereocenters. The van der Waals surface area contributed by atoms with Crippen molar-refractivity contribution >= 4 is 17.9 Å². The summed E-state index contributed by atoms with van der Waals surface area (Å²) in [7, 11) is 0. The number of unbranched alkanes of at least 4 members (excludes halogenated alkanes) is 24. The van der Waals surface area contributed by atoms with Crippen LogP contribution in [0, 0.1) is 0 Å². The molecule has 0 saturated heterocycles. The van der Waals surface area contributed by atoms with Crippen molar-refractivity contribution in [2.45, 2.75) is 277 Å². The number of carbonyl (C=O) groups is 3. The summed E-state index contributed by atoms with van der Waals surface area (Å²) in [5.41, 5.74) is 0. The summed E-state index contributed by atoms with van der Waals surface area (Å²) in [6.07, 6.45) is 80.8. The third-order valence-corrected chi connectivity index (χ3v) is 12.5. The highest BCUT2D eigenvalue weighted by Crippen LogP contribution is 2.15. The van der Waals surface area contributed by atoms with Crippen molar-refractivity contribution in [3.8, 4) is 0 Å². The second-order valence-corrected chi connectivity index (χ2v) is 19.5. The lowest BCUT2D eigenvalue weighted by atomic mass is 10.0. The van der Waals surface area contributed by atoms with Gasteiger partial charge in [0.2, 0.25) is 0 Å². The molecular formula is C66H110O6. The predicted octanol–water partition coefficient (Wildman–Crippen LogP) is 20.3. The highest BCUT2D eigenvalue weighted by Gasteiger charge is 2.19. The summed E-state index contributed by atoms with van der Waals surface area (Å²) in [4.78, 5) is 38.2. The SMILES string of the molecule is CC/C=C\C/C=C\C/C=C\C/C=C\C/C=C\C/C=C\CCCCCCCCC(=O)OCC(COC(=O)CCCCCCCCCCCCCCCC)OC(=O)CCCCCCC/C=C\C/C=C\C/C=C\CC. The van der Waals surface area contributed by atoms with Crippen molar-refractivity contribution in [2.24, 2.45) is 0 Å². The van der Waals surface area contributed by atoms with Crippen LogP contribution in [-0.4, -0.2) is 37.2 Å². The molecule has 0 fully saturated rings. The minimum absolute atomic E-state index is 0.0890. The quantitative estimate of drug-likeness (QED) is 0.0261. The van der Waals surface area contributed by atoms with Gasteiger partial charge in [0.1, 0.15) is 13.2 Å². The normalized spacial score (nSPS) is 12.9. The predicted molar refractivity (Wildman–Crippen MR) is 311 cm³/mol. The number of allylic oxidation sites excluding steroid dienone is 18. The van der Waals surface area contributed by atoms with E-state index in [-0.39, 0.29) is 31.1 Å². The molecule has 6 heteroatoms. The lowest BCUT2D eigenvalue weighted by Gasteiger charge is -2.18. The number of ether oxygens (including phenoxy) is 3. The summed E-state index contributed by atoms with van der Waals surface area (Å²) < 4.78 is 16.9. The maximum Gasteiger partial charge on any atom is 0.306 e. The van der Waals surface area contributed by atoms with E-state index in [0.717, 1.165) is 148 Å². The molecule has 0 N–H and O–H groups in total. The van der Waals surface area contributed by atoms with Crippen molar-refractivity contribution in [3.05, 3.63) is 109 Å². The molecule has 0 spiro atoms. The monoisotopic (exact) mass is 999 g/mol. The van der Waals surface area contributed by atoms with Crippen LogP contribution >= 0.6 is 0 Å². The average Bonchev–Trinajstić information content (AvgIpc) is 3.38. The van der Waals surface area contributed by atoms with Gasteiger partial charge in [-0.05, 0) is 103 Å². The summed E-state index contributed by atoms with van der Waals surface area (Å²) in [6, 6.07) is 0. The Bertz CT molecular complexity index is 1470. The minimum Gasteiger partial charge on any atom is -0.462 e. The molecule has 0 rings (SSSR count).